The van der Waals surface area contributed by atoms with Crippen molar-refractivity contribution in [3.63, 3.8) is 0 Å². The second-order valence-corrected chi connectivity index (χ2v) is 9.58. The quantitative estimate of drug-likeness (QED) is 0.311. The highest BCUT2D eigenvalue weighted by Gasteiger charge is 2.34. The molecule has 36 heavy (non-hydrogen) atoms. The SMILES string of the molecule is CC1=C(c2nc(-c3cccc(C)c3)no2)C(c2ccc(C)c(C)c2)NC(=S)N1Cc1ccccc1F. The second kappa shape index (κ2) is 9.66. The molecule has 0 aliphatic carbocycles. The number of hydrogen-bond donors (Lipinski definition) is 1. The number of rotatable bonds is 5. The molecule has 5 nitrogen and oxygen atoms in total. The highest BCUT2D eigenvalue weighted by Crippen LogP contribution is 2.38. The molecule has 1 atom stereocenters. The molecule has 3 aromatic carbocycles. The lowest BCUT2D eigenvalue weighted by Gasteiger charge is -2.37. The van der Waals surface area contributed by atoms with Gasteiger partial charge in [0.1, 0.15) is 5.82 Å². The van der Waals surface area contributed by atoms with Gasteiger partial charge in [0.2, 0.25) is 5.82 Å². The van der Waals surface area contributed by atoms with E-state index in [1.54, 1.807) is 12.1 Å². The molecular weight excluding hydrogens is 471 g/mol. The lowest BCUT2D eigenvalue weighted by atomic mass is 9.92. The first kappa shape index (κ1) is 23.9. The minimum absolute atomic E-state index is 0.273. The van der Waals surface area contributed by atoms with Gasteiger partial charge in [-0.05, 0) is 68.7 Å². The average Bonchev–Trinajstić information content (AvgIpc) is 3.34. The van der Waals surface area contributed by atoms with Gasteiger partial charge < -0.3 is 14.7 Å². The molecule has 1 aliphatic heterocycles. The molecule has 4 aromatic rings. The van der Waals surface area contributed by atoms with Crippen LogP contribution in [0.5, 0.6) is 0 Å². The van der Waals surface area contributed by atoms with E-state index in [0.717, 1.165) is 28.0 Å². The fraction of sp³-hybridized carbons (Fsp3) is 0.207. The highest BCUT2D eigenvalue weighted by molar-refractivity contribution is 7.80. The molecule has 0 saturated carbocycles. The second-order valence-electron chi connectivity index (χ2n) is 9.20. The number of thiocarbonyl (C=S) groups is 1. The Bertz CT molecular complexity index is 1490. The predicted octanol–water partition coefficient (Wildman–Crippen LogP) is 6.66. The number of aromatic nitrogens is 2. The maximum absolute atomic E-state index is 14.5. The Balaban J connectivity index is 1.62. The number of hydrogen-bond acceptors (Lipinski definition) is 4. The summed E-state index contributed by atoms with van der Waals surface area (Å²) in [7, 11) is 0. The molecule has 2 heterocycles. The molecule has 1 unspecified atom stereocenters. The van der Waals surface area contributed by atoms with Gasteiger partial charge in [0.25, 0.3) is 5.89 Å². The van der Waals surface area contributed by atoms with Crippen molar-refractivity contribution in [1.82, 2.24) is 20.4 Å². The fourth-order valence-corrected chi connectivity index (χ4v) is 4.79. The van der Waals surface area contributed by atoms with Crippen molar-refractivity contribution in [2.75, 3.05) is 0 Å². The molecule has 1 N–H and O–H groups in total. The Morgan fingerprint density at radius 1 is 0.972 bits per heavy atom. The normalized spacial score (nSPS) is 15.9. The van der Waals surface area contributed by atoms with Crippen LogP contribution in [0.15, 0.2) is 77.0 Å². The number of benzene rings is 3. The molecular formula is C29H27FN4OS. The molecule has 0 amide bonds. The van der Waals surface area contributed by atoms with Crippen LogP contribution in [0.2, 0.25) is 0 Å². The third-order valence-corrected chi connectivity index (χ3v) is 7.02. The molecule has 182 valence electrons. The maximum Gasteiger partial charge on any atom is 0.258 e. The molecule has 0 radical (unpaired) electrons. The first-order valence-corrected chi connectivity index (χ1v) is 12.2. The molecule has 0 bridgehead atoms. The summed E-state index contributed by atoms with van der Waals surface area (Å²) < 4.78 is 20.3. The van der Waals surface area contributed by atoms with Crippen molar-refractivity contribution in [2.45, 2.75) is 40.3 Å². The molecule has 5 rings (SSSR count). The summed E-state index contributed by atoms with van der Waals surface area (Å²) in [6.45, 7) is 8.45. The zero-order chi connectivity index (χ0) is 25.4. The van der Waals surface area contributed by atoms with Crippen LogP contribution < -0.4 is 5.32 Å². The number of allylic oxidation sites excluding steroid dienone is 1. The van der Waals surface area contributed by atoms with Crippen LogP contribution >= 0.6 is 12.2 Å². The van der Waals surface area contributed by atoms with E-state index in [-0.39, 0.29) is 18.4 Å². The molecule has 7 heteroatoms. The summed E-state index contributed by atoms with van der Waals surface area (Å²) in [5, 5.41) is 8.25. The van der Waals surface area contributed by atoms with Crippen LogP contribution in [0.4, 0.5) is 4.39 Å². The Hall–Kier alpha value is -3.84. The smallest absolute Gasteiger partial charge is 0.258 e. The van der Waals surface area contributed by atoms with Gasteiger partial charge in [-0.1, -0.05) is 65.3 Å². The summed E-state index contributed by atoms with van der Waals surface area (Å²) in [6, 6.07) is 20.7. The van der Waals surface area contributed by atoms with Gasteiger partial charge in [0.05, 0.1) is 18.2 Å². The number of nitrogens with zero attached hydrogens (tertiary/aromatic N) is 3. The van der Waals surface area contributed by atoms with Crippen LogP contribution in [0.1, 0.15) is 46.7 Å². The van der Waals surface area contributed by atoms with Crippen LogP contribution in [0, 0.1) is 26.6 Å². The highest BCUT2D eigenvalue weighted by atomic mass is 32.1. The third-order valence-electron chi connectivity index (χ3n) is 6.68. The van der Waals surface area contributed by atoms with E-state index in [1.807, 2.05) is 49.1 Å². The number of nitrogens with one attached hydrogen (secondary N) is 1. The Morgan fingerprint density at radius 2 is 1.78 bits per heavy atom. The molecule has 1 aromatic heterocycles. The van der Waals surface area contributed by atoms with E-state index in [1.165, 1.54) is 17.2 Å². The van der Waals surface area contributed by atoms with Crippen LogP contribution in [-0.2, 0) is 6.54 Å². The van der Waals surface area contributed by atoms with Crippen molar-refractivity contribution in [3.05, 3.63) is 112 Å². The van der Waals surface area contributed by atoms with E-state index >= 15 is 0 Å². The Labute approximate surface area is 215 Å². The molecule has 0 fully saturated rings. The van der Waals surface area contributed by atoms with Gasteiger partial charge in [0.15, 0.2) is 5.11 Å². The monoisotopic (exact) mass is 498 g/mol. The van der Waals surface area contributed by atoms with Crippen LogP contribution in [-0.4, -0.2) is 20.2 Å². The van der Waals surface area contributed by atoms with Crippen molar-refractivity contribution >= 4 is 22.9 Å². The first-order chi connectivity index (χ1) is 17.3. The van der Waals surface area contributed by atoms with Crippen LogP contribution in [0.3, 0.4) is 0 Å². The lowest BCUT2D eigenvalue weighted by molar-refractivity contribution is 0.395. The van der Waals surface area contributed by atoms with E-state index in [9.17, 15) is 4.39 Å². The summed E-state index contributed by atoms with van der Waals surface area (Å²) in [6.07, 6.45) is 0. The van der Waals surface area contributed by atoms with E-state index in [2.05, 4.69) is 42.5 Å². The zero-order valence-corrected chi connectivity index (χ0v) is 21.5. The van der Waals surface area contributed by atoms with E-state index in [4.69, 9.17) is 21.7 Å². The van der Waals surface area contributed by atoms with Crippen molar-refractivity contribution in [1.29, 1.82) is 0 Å². The maximum atomic E-state index is 14.5. The van der Waals surface area contributed by atoms with Gasteiger partial charge in [-0.15, -0.1) is 0 Å². The summed E-state index contributed by atoms with van der Waals surface area (Å²) in [4.78, 5) is 6.66. The topological polar surface area (TPSA) is 54.2 Å². The molecule has 0 spiro atoms. The fourth-order valence-electron chi connectivity index (χ4n) is 4.47. The molecule has 0 saturated heterocycles. The number of aryl methyl sites for hydroxylation is 3. The van der Waals surface area contributed by atoms with Crippen molar-refractivity contribution < 1.29 is 8.91 Å². The van der Waals surface area contributed by atoms with Crippen molar-refractivity contribution in [3.8, 4) is 11.4 Å². The summed E-state index contributed by atoms with van der Waals surface area (Å²) >= 11 is 5.77. The Morgan fingerprint density at radius 3 is 2.53 bits per heavy atom. The molecule has 1 aliphatic rings. The predicted molar refractivity (Wildman–Crippen MR) is 143 cm³/mol. The van der Waals surface area contributed by atoms with Crippen molar-refractivity contribution in [2.24, 2.45) is 0 Å². The van der Waals surface area contributed by atoms with Crippen LogP contribution in [0.25, 0.3) is 17.0 Å². The first-order valence-electron chi connectivity index (χ1n) is 11.8. The van der Waals surface area contributed by atoms with E-state index < -0.39 is 0 Å². The average molecular weight is 499 g/mol. The zero-order valence-electron chi connectivity index (χ0n) is 20.7. The van der Waals surface area contributed by atoms with Gasteiger partial charge in [-0.3, -0.25) is 0 Å². The van der Waals surface area contributed by atoms with Gasteiger partial charge in [0, 0.05) is 16.8 Å². The van der Waals surface area contributed by atoms with Gasteiger partial charge in [-0.25, -0.2) is 4.39 Å². The van der Waals surface area contributed by atoms with Gasteiger partial charge in [-0.2, -0.15) is 4.98 Å². The largest absolute Gasteiger partial charge is 0.351 e. The standard InChI is InChI=1S/C29H27FN4OS/c1-17-8-7-10-22(14-17)27-32-28(35-33-27)25-20(4)34(16-23-9-5-6-11-24(23)30)29(36)31-26(25)21-13-12-18(2)19(3)15-21/h5-15,26H,16H2,1-4H3,(H,31,36). The minimum atomic E-state index is -0.292. The lowest BCUT2D eigenvalue weighted by Crippen LogP contribution is -2.45. The Kier molecular flexibility index (Phi) is 6.41. The van der Waals surface area contributed by atoms with E-state index in [0.29, 0.717) is 22.4 Å². The minimum Gasteiger partial charge on any atom is -0.351 e. The summed E-state index contributed by atoms with van der Waals surface area (Å²) in [5.74, 6) is 0.646. The third kappa shape index (κ3) is 4.54. The summed E-state index contributed by atoms with van der Waals surface area (Å²) in [5.41, 5.74) is 7.62. The van der Waals surface area contributed by atoms with Gasteiger partial charge >= 0.3 is 0 Å². The number of halogens is 1.